The van der Waals surface area contributed by atoms with Crippen molar-refractivity contribution in [1.82, 2.24) is 0 Å². The zero-order valence-corrected chi connectivity index (χ0v) is 28.6. The molecule has 12 heteroatoms. The normalized spacial score (nSPS) is 19.3. The molecule has 1 saturated heterocycles. The van der Waals surface area contributed by atoms with Crippen molar-refractivity contribution >= 4 is 26.1 Å². The van der Waals surface area contributed by atoms with E-state index in [2.05, 4.69) is 19.6 Å². The number of esters is 2. The lowest BCUT2D eigenvalue weighted by Crippen LogP contribution is -2.40. The number of carbonyl (C=O) groups is 2. The van der Waals surface area contributed by atoms with E-state index in [1.807, 2.05) is 0 Å². The van der Waals surface area contributed by atoms with E-state index >= 15 is 0 Å². The molecule has 1 fully saturated rings. The quantitative estimate of drug-likeness (QED) is 0.135. The lowest BCUT2D eigenvalue weighted by Gasteiger charge is -2.25. The van der Waals surface area contributed by atoms with E-state index in [-0.39, 0.29) is 37.5 Å². The third-order valence-corrected chi connectivity index (χ3v) is 8.05. The van der Waals surface area contributed by atoms with Crippen LogP contribution in [0.3, 0.4) is 0 Å². The van der Waals surface area contributed by atoms with Gasteiger partial charge in [0.05, 0.1) is 19.1 Å². The van der Waals surface area contributed by atoms with Crippen molar-refractivity contribution in [2.45, 2.75) is 84.4 Å². The topological polar surface area (TPSA) is 117 Å². The molecule has 0 amide bonds. The van der Waals surface area contributed by atoms with Gasteiger partial charge in [0.1, 0.15) is 48.8 Å². The Labute approximate surface area is 257 Å². The van der Waals surface area contributed by atoms with Gasteiger partial charge in [0.15, 0.2) is 12.6 Å². The fraction of sp³-hybridized carbons (Fsp3) is 0.677. The standard InChI is InChI=1S/C31H50O11Si/c1-30(2,3)29(33)38-18-25-27(42-31(4,5)41-25)23(39-19-34-6)13-12-21-16-22(36-8)17-24(40-20-35-7)26(21)28(32)37-14-15-43(9,10)11/h12-13,16-17,23,25,27H,14-15,18-20H2,1-11H3/b13-12+/t23?,25-,27+/m1/s1. The predicted octanol–water partition coefficient (Wildman–Crippen LogP) is 5.28. The maximum Gasteiger partial charge on any atom is 0.342 e. The van der Waals surface area contributed by atoms with Crippen molar-refractivity contribution in [1.29, 1.82) is 0 Å². The van der Waals surface area contributed by atoms with Crippen molar-refractivity contribution in [3.63, 3.8) is 0 Å². The van der Waals surface area contributed by atoms with Crippen LogP contribution < -0.4 is 9.47 Å². The molecule has 244 valence electrons. The summed E-state index contributed by atoms with van der Waals surface area (Å²) in [6.45, 7) is 15.7. The molecule has 0 saturated carbocycles. The fourth-order valence-corrected chi connectivity index (χ4v) is 4.80. The molecule has 0 aromatic heterocycles. The van der Waals surface area contributed by atoms with Crippen molar-refractivity contribution in [2.75, 3.05) is 48.1 Å². The van der Waals surface area contributed by atoms with E-state index in [9.17, 15) is 9.59 Å². The first-order valence-corrected chi connectivity index (χ1v) is 18.0. The summed E-state index contributed by atoms with van der Waals surface area (Å²) >= 11 is 0. The van der Waals surface area contributed by atoms with E-state index in [0.717, 1.165) is 6.04 Å². The number of hydrogen-bond acceptors (Lipinski definition) is 11. The number of hydrogen-bond donors (Lipinski definition) is 0. The van der Waals surface area contributed by atoms with Crippen LogP contribution >= 0.6 is 0 Å². The molecule has 0 N–H and O–H groups in total. The molecule has 0 aliphatic carbocycles. The highest BCUT2D eigenvalue weighted by atomic mass is 28.3. The Morgan fingerprint density at radius 2 is 1.70 bits per heavy atom. The number of carbonyl (C=O) groups excluding carboxylic acids is 2. The number of benzene rings is 1. The lowest BCUT2D eigenvalue weighted by molar-refractivity contribution is -0.168. The Morgan fingerprint density at radius 3 is 2.28 bits per heavy atom. The third-order valence-electron chi connectivity index (χ3n) is 6.34. The zero-order chi connectivity index (χ0) is 32.4. The van der Waals surface area contributed by atoms with Gasteiger partial charge in [-0.3, -0.25) is 4.79 Å². The summed E-state index contributed by atoms with van der Waals surface area (Å²) in [5.74, 6) is -1.14. The van der Waals surface area contributed by atoms with Gasteiger partial charge in [-0.25, -0.2) is 4.79 Å². The Kier molecular flexibility index (Phi) is 13.7. The number of rotatable bonds is 16. The minimum absolute atomic E-state index is 0.0340. The minimum atomic E-state index is -1.44. The second kappa shape index (κ2) is 16.0. The minimum Gasteiger partial charge on any atom is -0.497 e. The highest BCUT2D eigenvalue weighted by molar-refractivity contribution is 6.76. The van der Waals surface area contributed by atoms with Crippen LogP contribution in [0.1, 0.15) is 50.5 Å². The Hall–Kier alpha value is -2.48. The molecule has 43 heavy (non-hydrogen) atoms. The maximum absolute atomic E-state index is 13.4. The monoisotopic (exact) mass is 626 g/mol. The van der Waals surface area contributed by atoms with Crippen LogP contribution in [-0.4, -0.2) is 92.2 Å². The highest BCUT2D eigenvalue weighted by Gasteiger charge is 2.46. The molecule has 2 rings (SSSR count). The van der Waals surface area contributed by atoms with Gasteiger partial charge >= 0.3 is 11.9 Å². The van der Waals surface area contributed by atoms with Crippen LogP contribution in [0.4, 0.5) is 0 Å². The van der Waals surface area contributed by atoms with E-state index in [1.165, 1.54) is 21.3 Å². The first-order valence-electron chi connectivity index (χ1n) is 14.3. The van der Waals surface area contributed by atoms with Crippen molar-refractivity contribution in [3.05, 3.63) is 29.3 Å². The molecule has 3 atom stereocenters. The molecule has 1 aliphatic rings. The average molecular weight is 627 g/mol. The molecular weight excluding hydrogens is 576 g/mol. The summed E-state index contributed by atoms with van der Waals surface area (Å²) in [6, 6.07) is 4.13. The van der Waals surface area contributed by atoms with Crippen molar-refractivity contribution in [2.24, 2.45) is 5.41 Å². The zero-order valence-electron chi connectivity index (χ0n) is 27.6. The van der Waals surface area contributed by atoms with Crippen LogP contribution in [0.2, 0.25) is 25.7 Å². The summed E-state index contributed by atoms with van der Waals surface area (Å²) in [5.41, 5.74) is 0.0175. The van der Waals surface area contributed by atoms with Crippen molar-refractivity contribution < 1.29 is 52.2 Å². The maximum atomic E-state index is 13.4. The van der Waals surface area contributed by atoms with Gasteiger partial charge in [-0.15, -0.1) is 0 Å². The molecule has 11 nitrogen and oxygen atoms in total. The summed E-state index contributed by atoms with van der Waals surface area (Å²) in [6.07, 6.45) is 1.43. The van der Waals surface area contributed by atoms with E-state index in [4.69, 9.17) is 42.6 Å². The van der Waals surface area contributed by atoms with E-state index in [0.29, 0.717) is 17.9 Å². The molecule has 0 bridgehead atoms. The largest absolute Gasteiger partial charge is 0.497 e. The van der Waals surface area contributed by atoms with Crippen molar-refractivity contribution in [3.8, 4) is 11.5 Å². The average Bonchev–Trinajstić information content (AvgIpc) is 3.22. The second-order valence-corrected chi connectivity index (χ2v) is 18.6. The molecule has 1 aliphatic heterocycles. The van der Waals surface area contributed by atoms with E-state index in [1.54, 1.807) is 58.9 Å². The SMILES string of the molecule is COCOc1cc(OC)cc(/C=C/C(OCOC)[C@@H]2OC(C)(C)O[C@@H]2COC(=O)C(C)(C)C)c1C(=O)OCC[Si](C)(C)C. The third kappa shape index (κ3) is 11.8. The molecular formula is C31H50O11Si. The Balaban J connectivity index is 2.48. The smallest absolute Gasteiger partial charge is 0.342 e. The molecule has 1 aromatic carbocycles. The number of ether oxygens (including phenoxy) is 9. The van der Waals surface area contributed by atoms with E-state index < -0.39 is 43.6 Å². The van der Waals surface area contributed by atoms with Gasteiger partial charge in [0.2, 0.25) is 0 Å². The fourth-order valence-electron chi connectivity index (χ4n) is 4.09. The number of methoxy groups -OCH3 is 3. The van der Waals surface area contributed by atoms with Gasteiger partial charge in [0, 0.05) is 28.4 Å². The van der Waals surface area contributed by atoms with Crippen LogP contribution in [0.5, 0.6) is 11.5 Å². The predicted molar refractivity (Wildman–Crippen MR) is 164 cm³/mol. The second-order valence-electron chi connectivity index (χ2n) is 13.0. The lowest BCUT2D eigenvalue weighted by atomic mass is 9.97. The summed E-state index contributed by atoms with van der Waals surface area (Å²) in [7, 11) is 3.09. The van der Waals surface area contributed by atoms with Gasteiger partial charge in [-0.1, -0.05) is 31.8 Å². The van der Waals surface area contributed by atoms with Crippen LogP contribution in [0, 0.1) is 5.41 Å². The van der Waals surface area contributed by atoms with Gasteiger partial charge in [-0.05, 0) is 52.3 Å². The summed E-state index contributed by atoms with van der Waals surface area (Å²) in [4.78, 5) is 25.9. The Bertz CT molecular complexity index is 1090. The Morgan fingerprint density at radius 1 is 1.02 bits per heavy atom. The molecule has 0 spiro atoms. The van der Waals surface area contributed by atoms with Crippen LogP contribution in [0.15, 0.2) is 18.2 Å². The molecule has 0 radical (unpaired) electrons. The molecule has 1 heterocycles. The summed E-state index contributed by atoms with van der Waals surface area (Å²) in [5, 5.41) is 0. The van der Waals surface area contributed by atoms with Crippen LogP contribution in [-0.2, 0) is 38.0 Å². The molecule has 1 unspecified atom stereocenters. The first-order chi connectivity index (χ1) is 20.0. The molecule has 1 aromatic rings. The van der Waals surface area contributed by atoms with Gasteiger partial charge in [0.25, 0.3) is 0 Å². The van der Waals surface area contributed by atoms with Gasteiger partial charge in [-0.2, -0.15) is 0 Å². The summed E-state index contributed by atoms with van der Waals surface area (Å²) < 4.78 is 51.1. The van der Waals surface area contributed by atoms with Crippen LogP contribution in [0.25, 0.3) is 6.08 Å². The first kappa shape index (κ1) is 36.7. The van der Waals surface area contributed by atoms with Gasteiger partial charge < -0.3 is 42.6 Å². The highest BCUT2D eigenvalue weighted by Crippen LogP contribution is 2.34.